The molecule has 1 radical (unpaired) electrons. The van der Waals surface area contributed by atoms with E-state index in [1.54, 1.807) is 12.4 Å². The fraction of sp³-hybridized carbons (Fsp3) is 0.667. The number of pyridine rings is 1. The molecule has 0 bridgehead atoms. The minimum atomic E-state index is 0.751. The van der Waals surface area contributed by atoms with E-state index >= 15 is 0 Å². The maximum atomic E-state index is 3.84. The molecule has 22 heavy (non-hydrogen) atoms. The van der Waals surface area contributed by atoms with Gasteiger partial charge < -0.3 is 10.2 Å². The monoisotopic (exact) mass is 368 g/mol. The molecule has 1 atom stereocenters. The molecule has 1 aliphatic rings. The summed E-state index contributed by atoms with van der Waals surface area (Å²) in [5, 5.41) is 3.67. The molecule has 0 unspecified atom stereocenters. The Kier molecular flexibility index (Phi) is 10.7. The molecule has 1 fully saturated rings. The zero-order chi connectivity index (χ0) is 16.2. The van der Waals surface area contributed by atoms with E-state index in [1.807, 2.05) is 12.1 Å². The van der Waals surface area contributed by atoms with Crippen LogP contribution in [0.1, 0.15) is 46.5 Å². The normalized spacial score (nSPS) is 18.3. The molecule has 0 aromatic carbocycles. The topological polar surface area (TPSA) is 28.2 Å². The van der Waals surface area contributed by atoms with E-state index in [9.17, 15) is 0 Å². The van der Waals surface area contributed by atoms with Crippen molar-refractivity contribution in [3.05, 3.63) is 34.9 Å². The predicted molar refractivity (Wildman–Crippen MR) is 98.9 cm³/mol. The largest absolute Gasteiger partial charge is 0.313 e. The summed E-state index contributed by atoms with van der Waals surface area (Å²) in [6.45, 7) is 11.6. The smallest absolute Gasteiger partial charge is 0.0410 e. The van der Waals surface area contributed by atoms with Crippen molar-refractivity contribution in [2.45, 2.75) is 52.5 Å². The van der Waals surface area contributed by atoms with Crippen molar-refractivity contribution in [1.82, 2.24) is 15.2 Å². The molecule has 3 nitrogen and oxygen atoms in total. The summed E-state index contributed by atoms with van der Waals surface area (Å²) in [5.74, 6) is 1.53. The number of aromatic nitrogens is 1. The quantitative estimate of drug-likeness (QED) is 0.727. The average molecular weight is 369 g/mol. The fourth-order valence-corrected chi connectivity index (χ4v) is 2.88. The van der Waals surface area contributed by atoms with Gasteiger partial charge >= 0.3 is 0 Å². The van der Waals surface area contributed by atoms with Crippen molar-refractivity contribution in [1.29, 1.82) is 0 Å². The van der Waals surface area contributed by atoms with Crippen LogP contribution in [0.25, 0.3) is 0 Å². The highest BCUT2D eigenvalue weighted by molar-refractivity contribution is 9.10. The first-order chi connectivity index (χ1) is 10.6. The number of likely N-dealkylation sites (tertiary alicyclic amines) is 1. The van der Waals surface area contributed by atoms with Gasteiger partial charge in [0, 0.05) is 36.0 Å². The third kappa shape index (κ3) is 9.54. The highest BCUT2D eigenvalue weighted by atomic mass is 79.9. The lowest BCUT2D eigenvalue weighted by Gasteiger charge is -2.18. The van der Waals surface area contributed by atoms with Crippen molar-refractivity contribution in [2.75, 3.05) is 26.2 Å². The van der Waals surface area contributed by atoms with Crippen LogP contribution in [-0.4, -0.2) is 42.1 Å². The molecule has 0 aliphatic carbocycles. The van der Waals surface area contributed by atoms with Gasteiger partial charge in [-0.05, 0) is 59.9 Å². The van der Waals surface area contributed by atoms with Crippen LogP contribution in [-0.2, 0) is 0 Å². The lowest BCUT2D eigenvalue weighted by Crippen LogP contribution is -2.34. The number of rotatable bonds is 7. The number of hydrogen-bond acceptors (Lipinski definition) is 3. The van der Waals surface area contributed by atoms with Crippen molar-refractivity contribution in [2.24, 2.45) is 0 Å². The lowest BCUT2D eigenvalue weighted by atomic mass is 10.2. The van der Waals surface area contributed by atoms with E-state index < -0.39 is 0 Å². The van der Waals surface area contributed by atoms with E-state index in [0.29, 0.717) is 0 Å². The molecular formula is C18H31BrN3. The first-order valence-electron chi connectivity index (χ1n) is 8.42. The third-order valence-electron chi connectivity index (χ3n) is 3.65. The Bertz CT molecular complexity index is 370. The van der Waals surface area contributed by atoms with Gasteiger partial charge in [-0.25, -0.2) is 0 Å². The van der Waals surface area contributed by atoms with E-state index in [2.05, 4.69) is 51.9 Å². The first kappa shape index (κ1) is 19.6. The average Bonchev–Trinajstić information content (AvgIpc) is 2.92. The van der Waals surface area contributed by atoms with Crippen LogP contribution in [0.5, 0.6) is 0 Å². The van der Waals surface area contributed by atoms with Crippen molar-refractivity contribution < 1.29 is 0 Å². The summed E-state index contributed by atoms with van der Waals surface area (Å²) in [6, 6.07) is 4.57. The molecule has 2 heterocycles. The van der Waals surface area contributed by atoms with E-state index in [1.165, 1.54) is 57.8 Å². The Hall–Kier alpha value is -0.450. The van der Waals surface area contributed by atoms with Gasteiger partial charge in [-0.15, -0.1) is 0 Å². The second-order valence-corrected chi connectivity index (χ2v) is 7.18. The Balaban J connectivity index is 0.000000287. The van der Waals surface area contributed by atoms with Gasteiger partial charge in [0.25, 0.3) is 0 Å². The van der Waals surface area contributed by atoms with Gasteiger partial charge in [-0.2, -0.15) is 0 Å². The SMILES string of the molecule is Brc1cccnc1.CCCCCN[C@@H]1CCN(C[C](C)C)C1. The second kappa shape index (κ2) is 12.0. The van der Waals surface area contributed by atoms with Gasteiger partial charge in [0.1, 0.15) is 0 Å². The van der Waals surface area contributed by atoms with Gasteiger partial charge in [-0.3, -0.25) is 4.98 Å². The molecule has 1 aliphatic heterocycles. The van der Waals surface area contributed by atoms with Crippen molar-refractivity contribution >= 4 is 15.9 Å². The van der Waals surface area contributed by atoms with Gasteiger partial charge in [0.05, 0.1) is 0 Å². The number of halogens is 1. The molecule has 0 amide bonds. The Morgan fingerprint density at radius 2 is 2.23 bits per heavy atom. The molecule has 0 spiro atoms. The van der Waals surface area contributed by atoms with E-state index in [0.717, 1.165) is 10.5 Å². The lowest BCUT2D eigenvalue weighted by molar-refractivity contribution is 0.339. The van der Waals surface area contributed by atoms with Crippen LogP contribution in [0.3, 0.4) is 0 Å². The maximum Gasteiger partial charge on any atom is 0.0410 e. The number of unbranched alkanes of at least 4 members (excludes halogenated alkanes) is 2. The highest BCUT2D eigenvalue weighted by Gasteiger charge is 2.21. The molecule has 1 saturated heterocycles. The first-order valence-corrected chi connectivity index (χ1v) is 9.21. The van der Waals surface area contributed by atoms with E-state index in [-0.39, 0.29) is 0 Å². The minimum Gasteiger partial charge on any atom is -0.313 e. The van der Waals surface area contributed by atoms with Crippen molar-refractivity contribution in [3.8, 4) is 0 Å². The number of hydrogen-bond donors (Lipinski definition) is 1. The van der Waals surface area contributed by atoms with Crippen LogP contribution in [0.15, 0.2) is 29.0 Å². The highest BCUT2D eigenvalue weighted by Crippen LogP contribution is 2.12. The zero-order valence-electron chi connectivity index (χ0n) is 14.3. The molecule has 4 heteroatoms. The summed E-state index contributed by atoms with van der Waals surface area (Å²) in [5.41, 5.74) is 0. The third-order valence-corrected chi connectivity index (χ3v) is 4.12. The Labute approximate surface area is 145 Å². The molecule has 1 aromatic heterocycles. The zero-order valence-corrected chi connectivity index (χ0v) is 15.9. The predicted octanol–water partition coefficient (Wildman–Crippen LogP) is 4.30. The molecule has 1 aromatic rings. The van der Waals surface area contributed by atoms with Crippen LogP contribution in [0, 0.1) is 5.92 Å². The summed E-state index contributed by atoms with van der Waals surface area (Å²) < 4.78 is 1.02. The Morgan fingerprint density at radius 1 is 1.41 bits per heavy atom. The maximum absolute atomic E-state index is 3.84. The van der Waals surface area contributed by atoms with Crippen LogP contribution in [0.4, 0.5) is 0 Å². The summed E-state index contributed by atoms with van der Waals surface area (Å²) >= 11 is 3.25. The molecule has 125 valence electrons. The standard InChI is InChI=1S/C13H27N2.C5H4BrN/c1-4-5-6-8-14-13-7-9-15(11-13)10-12(2)3;6-5-2-1-3-7-4-5/h13-14H,4-11H2,1-3H3;1-4H/t13-;/m1./s1. The summed E-state index contributed by atoms with van der Waals surface area (Å²) in [7, 11) is 0. The molecular weight excluding hydrogens is 338 g/mol. The van der Waals surface area contributed by atoms with E-state index in [4.69, 9.17) is 0 Å². The molecule has 1 N–H and O–H groups in total. The van der Waals surface area contributed by atoms with Gasteiger partial charge in [0.2, 0.25) is 0 Å². The second-order valence-electron chi connectivity index (χ2n) is 6.26. The van der Waals surface area contributed by atoms with Crippen LogP contribution in [0.2, 0.25) is 0 Å². The Morgan fingerprint density at radius 3 is 2.77 bits per heavy atom. The van der Waals surface area contributed by atoms with Gasteiger partial charge in [0.15, 0.2) is 0 Å². The fourth-order valence-electron chi connectivity index (χ4n) is 2.61. The molecule has 2 rings (SSSR count). The minimum absolute atomic E-state index is 0.751. The summed E-state index contributed by atoms with van der Waals surface area (Å²) in [6.07, 6.45) is 8.85. The number of nitrogens with one attached hydrogen (secondary N) is 1. The summed E-state index contributed by atoms with van der Waals surface area (Å²) in [4.78, 5) is 6.40. The van der Waals surface area contributed by atoms with Crippen LogP contribution >= 0.6 is 15.9 Å². The number of nitrogens with zero attached hydrogens (tertiary/aromatic N) is 2. The van der Waals surface area contributed by atoms with Gasteiger partial charge in [-0.1, -0.05) is 33.6 Å². The van der Waals surface area contributed by atoms with Crippen molar-refractivity contribution in [3.63, 3.8) is 0 Å². The van der Waals surface area contributed by atoms with Crippen LogP contribution < -0.4 is 5.32 Å². The molecule has 0 saturated carbocycles.